The van der Waals surface area contributed by atoms with Gasteiger partial charge in [0.1, 0.15) is 24.7 Å². The Bertz CT molecular complexity index is 717. The van der Waals surface area contributed by atoms with Crippen molar-refractivity contribution in [3.8, 4) is 11.5 Å². The third kappa shape index (κ3) is 8.31. The van der Waals surface area contributed by atoms with Gasteiger partial charge in [-0.05, 0) is 43.7 Å². The van der Waals surface area contributed by atoms with Gasteiger partial charge in [0.05, 0.1) is 19.7 Å². The quantitative estimate of drug-likeness (QED) is 0.353. The summed E-state index contributed by atoms with van der Waals surface area (Å²) >= 11 is 0. The molecule has 0 spiro atoms. The molecule has 0 radical (unpaired) electrons. The Morgan fingerprint density at radius 1 is 0.929 bits per heavy atom. The fourth-order valence-corrected chi connectivity index (χ4v) is 2.46. The lowest BCUT2D eigenvalue weighted by Gasteiger charge is -2.12. The van der Waals surface area contributed by atoms with Gasteiger partial charge in [-0.15, -0.1) is 0 Å². The molecule has 0 aromatic heterocycles. The van der Waals surface area contributed by atoms with E-state index < -0.39 is 0 Å². The minimum absolute atomic E-state index is 0.536. The van der Waals surface area contributed by atoms with E-state index in [0.717, 1.165) is 29.6 Å². The summed E-state index contributed by atoms with van der Waals surface area (Å²) in [6, 6.07) is 16.0. The van der Waals surface area contributed by atoms with Crippen LogP contribution >= 0.6 is 0 Å². The first-order valence-electron chi connectivity index (χ1n) is 9.63. The predicted molar refractivity (Wildman–Crippen MR) is 113 cm³/mol. The number of methoxy groups -OCH3 is 1. The smallest absolute Gasteiger partial charge is 0.191 e. The second-order valence-electron chi connectivity index (χ2n) is 6.27. The number of guanidine groups is 1. The Labute approximate surface area is 167 Å². The second kappa shape index (κ2) is 12.6. The van der Waals surface area contributed by atoms with Gasteiger partial charge in [-0.2, -0.15) is 0 Å². The van der Waals surface area contributed by atoms with Crippen molar-refractivity contribution in [1.29, 1.82) is 0 Å². The standard InChI is InChI=1S/C22H31N3O3/c1-4-23-22(24-12-13-27-20-10-8-18(2)9-11-20)25-17-19-6-5-7-21(16-19)28-15-14-26-3/h5-11,16H,4,12-15,17H2,1-3H3,(H2,23,24,25). The van der Waals surface area contributed by atoms with E-state index in [1.54, 1.807) is 7.11 Å². The number of hydrogen-bond acceptors (Lipinski definition) is 4. The molecular formula is C22H31N3O3. The molecule has 0 saturated carbocycles. The number of ether oxygens (including phenoxy) is 3. The molecule has 0 fully saturated rings. The molecule has 0 aliphatic heterocycles. The molecule has 6 nitrogen and oxygen atoms in total. The van der Waals surface area contributed by atoms with Crippen LogP contribution in [-0.2, 0) is 11.3 Å². The molecule has 0 aliphatic carbocycles. The van der Waals surface area contributed by atoms with Crippen LogP contribution in [-0.4, -0.2) is 46.0 Å². The van der Waals surface area contributed by atoms with Crippen molar-refractivity contribution in [3.05, 3.63) is 59.7 Å². The molecule has 0 amide bonds. The minimum atomic E-state index is 0.536. The largest absolute Gasteiger partial charge is 0.492 e. The van der Waals surface area contributed by atoms with Crippen molar-refractivity contribution < 1.29 is 14.2 Å². The molecule has 2 N–H and O–H groups in total. The van der Waals surface area contributed by atoms with E-state index in [4.69, 9.17) is 14.2 Å². The van der Waals surface area contributed by atoms with Gasteiger partial charge in [0.25, 0.3) is 0 Å². The van der Waals surface area contributed by atoms with Crippen LogP contribution in [0, 0.1) is 6.92 Å². The summed E-state index contributed by atoms with van der Waals surface area (Å²) in [4.78, 5) is 4.64. The number of aryl methyl sites for hydroxylation is 1. The maximum Gasteiger partial charge on any atom is 0.191 e. The minimum Gasteiger partial charge on any atom is -0.492 e. The molecule has 0 aliphatic rings. The first-order chi connectivity index (χ1) is 13.7. The molecule has 0 unspecified atom stereocenters. The third-order valence-electron chi connectivity index (χ3n) is 3.90. The summed E-state index contributed by atoms with van der Waals surface area (Å²) in [6.07, 6.45) is 0. The van der Waals surface area contributed by atoms with Crippen molar-refractivity contribution in [3.63, 3.8) is 0 Å². The Hall–Kier alpha value is -2.73. The SMILES string of the molecule is CCNC(=NCc1cccc(OCCOC)c1)NCCOc1ccc(C)cc1. The van der Waals surface area contributed by atoms with E-state index >= 15 is 0 Å². The topological polar surface area (TPSA) is 64.1 Å². The van der Waals surface area contributed by atoms with Crippen LogP contribution in [0.5, 0.6) is 11.5 Å². The first-order valence-corrected chi connectivity index (χ1v) is 9.63. The number of rotatable bonds is 11. The first kappa shape index (κ1) is 21.6. The summed E-state index contributed by atoms with van der Waals surface area (Å²) in [7, 11) is 1.66. The van der Waals surface area contributed by atoms with Crippen LogP contribution in [0.4, 0.5) is 0 Å². The highest BCUT2D eigenvalue weighted by molar-refractivity contribution is 5.79. The van der Waals surface area contributed by atoms with Crippen LogP contribution in [0.1, 0.15) is 18.1 Å². The highest BCUT2D eigenvalue weighted by atomic mass is 16.5. The van der Waals surface area contributed by atoms with Crippen LogP contribution in [0.3, 0.4) is 0 Å². The van der Waals surface area contributed by atoms with E-state index in [-0.39, 0.29) is 0 Å². The monoisotopic (exact) mass is 385 g/mol. The lowest BCUT2D eigenvalue weighted by atomic mass is 10.2. The zero-order valence-electron chi connectivity index (χ0n) is 17.0. The Kier molecular flexibility index (Phi) is 9.72. The van der Waals surface area contributed by atoms with E-state index in [1.165, 1.54) is 5.56 Å². The lowest BCUT2D eigenvalue weighted by Crippen LogP contribution is -2.39. The molecule has 0 bridgehead atoms. The fourth-order valence-electron chi connectivity index (χ4n) is 2.46. The number of nitrogens with one attached hydrogen (secondary N) is 2. The highest BCUT2D eigenvalue weighted by Crippen LogP contribution is 2.14. The Morgan fingerprint density at radius 3 is 2.46 bits per heavy atom. The zero-order chi connectivity index (χ0) is 20.0. The van der Waals surface area contributed by atoms with Crippen LogP contribution in [0.25, 0.3) is 0 Å². The van der Waals surface area contributed by atoms with Crippen molar-refractivity contribution >= 4 is 5.96 Å². The fraction of sp³-hybridized carbons (Fsp3) is 0.409. The average molecular weight is 386 g/mol. The van der Waals surface area contributed by atoms with Crippen molar-refractivity contribution in [2.24, 2.45) is 4.99 Å². The van der Waals surface area contributed by atoms with Crippen molar-refractivity contribution in [2.75, 3.05) is 40.0 Å². The van der Waals surface area contributed by atoms with Gasteiger partial charge in [0.15, 0.2) is 5.96 Å². The Balaban J connectivity index is 1.80. The molecule has 6 heteroatoms. The molecule has 152 valence electrons. The van der Waals surface area contributed by atoms with Gasteiger partial charge in [0.2, 0.25) is 0 Å². The molecule has 2 rings (SSSR count). The van der Waals surface area contributed by atoms with Gasteiger partial charge in [-0.1, -0.05) is 29.8 Å². The van der Waals surface area contributed by atoms with Gasteiger partial charge >= 0.3 is 0 Å². The summed E-state index contributed by atoms with van der Waals surface area (Å²) in [6.45, 7) is 7.81. The van der Waals surface area contributed by atoms with E-state index in [0.29, 0.717) is 32.9 Å². The van der Waals surface area contributed by atoms with Gasteiger partial charge in [-0.3, -0.25) is 0 Å². The maximum atomic E-state index is 5.74. The molecule has 0 heterocycles. The highest BCUT2D eigenvalue weighted by Gasteiger charge is 2.00. The van der Waals surface area contributed by atoms with Crippen molar-refractivity contribution in [1.82, 2.24) is 10.6 Å². The van der Waals surface area contributed by atoms with Crippen LogP contribution in [0.2, 0.25) is 0 Å². The molecule has 0 saturated heterocycles. The van der Waals surface area contributed by atoms with Gasteiger partial charge < -0.3 is 24.8 Å². The number of hydrogen-bond donors (Lipinski definition) is 2. The van der Waals surface area contributed by atoms with Gasteiger partial charge in [-0.25, -0.2) is 4.99 Å². The maximum absolute atomic E-state index is 5.74. The van der Waals surface area contributed by atoms with E-state index in [9.17, 15) is 0 Å². The predicted octanol–water partition coefficient (Wildman–Crippen LogP) is 3.15. The Morgan fingerprint density at radius 2 is 1.71 bits per heavy atom. The average Bonchev–Trinajstić information content (AvgIpc) is 2.71. The molecule has 2 aromatic rings. The second-order valence-corrected chi connectivity index (χ2v) is 6.27. The van der Waals surface area contributed by atoms with Gasteiger partial charge in [0, 0.05) is 13.7 Å². The third-order valence-corrected chi connectivity index (χ3v) is 3.90. The summed E-state index contributed by atoms with van der Waals surface area (Å²) in [5, 5.41) is 6.55. The van der Waals surface area contributed by atoms with Crippen LogP contribution < -0.4 is 20.1 Å². The zero-order valence-corrected chi connectivity index (χ0v) is 17.0. The summed E-state index contributed by atoms with van der Waals surface area (Å²) in [5.41, 5.74) is 2.31. The lowest BCUT2D eigenvalue weighted by molar-refractivity contribution is 0.146. The summed E-state index contributed by atoms with van der Waals surface area (Å²) < 4.78 is 16.4. The molecule has 2 aromatic carbocycles. The number of nitrogens with zero attached hydrogens (tertiary/aromatic N) is 1. The molecular weight excluding hydrogens is 354 g/mol. The number of aliphatic imine (C=N–C) groups is 1. The van der Waals surface area contributed by atoms with E-state index in [2.05, 4.69) is 22.5 Å². The van der Waals surface area contributed by atoms with E-state index in [1.807, 2.05) is 55.5 Å². The number of benzene rings is 2. The summed E-state index contributed by atoms with van der Waals surface area (Å²) in [5.74, 6) is 2.47. The van der Waals surface area contributed by atoms with Crippen molar-refractivity contribution in [2.45, 2.75) is 20.4 Å². The molecule has 28 heavy (non-hydrogen) atoms. The normalized spacial score (nSPS) is 11.2. The van der Waals surface area contributed by atoms with Crippen LogP contribution in [0.15, 0.2) is 53.5 Å². The molecule has 0 atom stereocenters.